The Hall–Kier alpha value is -1.80. The van der Waals surface area contributed by atoms with E-state index in [1.165, 1.54) is 12.1 Å². The van der Waals surface area contributed by atoms with E-state index in [2.05, 4.69) is 5.32 Å². The summed E-state index contributed by atoms with van der Waals surface area (Å²) in [5, 5.41) is 11.2. The molecule has 2 N–H and O–H groups in total. The predicted octanol–water partition coefficient (Wildman–Crippen LogP) is 2.47. The molecule has 0 aromatic heterocycles. The van der Waals surface area contributed by atoms with Gasteiger partial charge < -0.3 is 10.4 Å². The molecule has 0 heterocycles. The van der Waals surface area contributed by atoms with Crippen molar-refractivity contribution in [2.24, 2.45) is 0 Å². The molecule has 0 aliphatic heterocycles. The summed E-state index contributed by atoms with van der Waals surface area (Å²) in [5.74, 6) is -1.94. The number of amides is 1. The Morgan fingerprint density at radius 1 is 1.38 bits per heavy atom. The highest BCUT2D eigenvalue weighted by atomic mass is 35.5. The molecule has 0 aliphatic rings. The van der Waals surface area contributed by atoms with Crippen molar-refractivity contribution in [3.63, 3.8) is 0 Å². The van der Waals surface area contributed by atoms with Crippen molar-refractivity contribution >= 4 is 29.2 Å². The maximum atomic E-state index is 12.1. The number of carbonyl (C=O) groups excluding carboxylic acids is 1. The third-order valence-electron chi connectivity index (χ3n) is 2.35. The van der Waals surface area contributed by atoms with Crippen LogP contribution in [0.3, 0.4) is 0 Å². The van der Waals surface area contributed by atoms with Crippen LogP contribution < -0.4 is 5.32 Å². The lowest BCUT2D eigenvalue weighted by atomic mass is 10.2. The van der Waals surface area contributed by atoms with Crippen molar-refractivity contribution in [1.82, 2.24) is 4.90 Å². The van der Waals surface area contributed by atoms with Gasteiger partial charge in [-0.05, 0) is 25.2 Å². The Kier molecular flexibility index (Phi) is 5.56. The number of likely N-dealkylation sites (N-methyl/N-ethyl adjacent to an activating group) is 1. The Morgan fingerprint density at radius 2 is 2.00 bits per heavy atom. The van der Waals surface area contributed by atoms with Crippen molar-refractivity contribution in [3.8, 4) is 0 Å². The normalized spacial score (nSPS) is 11.5. The molecule has 0 atom stereocenters. The standard InChI is InChI=1S/C12H12ClF3N2O3/c1-18(6-12(14,15)16)5-10(19)17-9-4-7(11(20)21)2-3-8(9)13/h2-4H,5-6H2,1H3,(H,17,19)(H,20,21). The maximum Gasteiger partial charge on any atom is 0.401 e. The third-order valence-corrected chi connectivity index (χ3v) is 2.68. The smallest absolute Gasteiger partial charge is 0.401 e. The third kappa shape index (κ3) is 6.01. The molecular weight excluding hydrogens is 313 g/mol. The number of hydrogen-bond acceptors (Lipinski definition) is 3. The first kappa shape index (κ1) is 17.3. The van der Waals surface area contributed by atoms with Crippen molar-refractivity contribution in [3.05, 3.63) is 28.8 Å². The Bertz CT molecular complexity index is 549. The van der Waals surface area contributed by atoms with Gasteiger partial charge in [-0.1, -0.05) is 11.6 Å². The summed E-state index contributed by atoms with van der Waals surface area (Å²) in [7, 11) is 1.14. The molecule has 1 aromatic carbocycles. The molecular formula is C12H12ClF3N2O3. The zero-order valence-electron chi connectivity index (χ0n) is 10.9. The fourth-order valence-corrected chi connectivity index (χ4v) is 1.72. The van der Waals surface area contributed by atoms with E-state index >= 15 is 0 Å². The highest BCUT2D eigenvalue weighted by molar-refractivity contribution is 6.33. The second kappa shape index (κ2) is 6.77. The topological polar surface area (TPSA) is 69.6 Å². The number of benzene rings is 1. The number of carbonyl (C=O) groups is 2. The van der Waals surface area contributed by atoms with Crippen LogP contribution in [0.2, 0.25) is 5.02 Å². The van der Waals surface area contributed by atoms with E-state index in [4.69, 9.17) is 16.7 Å². The number of nitrogens with zero attached hydrogens (tertiary/aromatic N) is 1. The number of rotatable bonds is 5. The molecule has 0 fully saturated rings. The van der Waals surface area contributed by atoms with Gasteiger partial charge in [-0.3, -0.25) is 9.69 Å². The summed E-state index contributed by atoms with van der Waals surface area (Å²) in [5.41, 5.74) is -0.0691. The number of carboxylic acid groups (broad SMARTS) is 1. The van der Waals surface area contributed by atoms with Crippen LogP contribution in [0.4, 0.5) is 18.9 Å². The van der Waals surface area contributed by atoms with E-state index in [0.717, 1.165) is 18.0 Å². The quantitative estimate of drug-likeness (QED) is 0.873. The molecule has 0 bridgehead atoms. The van der Waals surface area contributed by atoms with Gasteiger partial charge in [0.25, 0.3) is 0 Å². The van der Waals surface area contributed by atoms with Crippen molar-refractivity contribution in [2.45, 2.75) is 6.18 Å². The van der Waals surface area contributed by atoms with Crippen LogP contribution in [-0.2, 0) is 4.79 Å². The second-order valence-electron chi connectivity index (χ2n) is 4.34. The van der Waals surface area contributed by atoms with Crippen molar-refractivity contribution in [2.75, 3.05) is 25.5 Å². The first-order valence-corrected chi connectivity index (χ1v) is 6.04. The summed E-state index contributed by atoms with van der Waals surface area (Å²) in [6, 6.07) is 3.66. The summed E-state index contributed by atoms with van der Waals surface area (Å²) in [6.07, 6.45) is -4.41. The molecule has 0 aliphatic carbocycles. The van der Waals surface area contributed by atoms with Gasteiger partial charge in [-0.15, -0.1) is 0 Å². The van der Waals surface area contributed by atoms with Gasteiger partial charge in [-0.2, -0.15) is 13.2 Å². The molecule has 0 saturated carbocycles. The van der Waals surface area contributed by atoms with E-state index in [-0.39, 0.29) is 16.3 Å². The summed E-state index contributed by atoms with van der Waals surface area (Å²) < 4.78 is 36.4. The van der Waals surface area contributed by atoms with Gasteiger partial charge in [0.15, 0.2) is 0 Å². The number of carboxylic acids is 1. The average molecular weight is 325 g/mol. The first-order chi connectivity index (χ1) is 9.58. The monoisotopic (exact) mass is 324 g/mol. The summed E-state index contributed by atoms with van der Waals surface area (Å²) in [4.78, 5) is 23.2. The van der Waals surface area contributed by atoms with Crippen LogP contribution in [0.15, 0.2) is 18.2 Å². The highest BCUT2D eigenvalue weighted by Crippen LogP contribution is 2.23. The average Bonchev–Trinajstić information content (AvgIpc) is 2.28. The number of anilines is 1. The van der Waals surface area contributed by atoms with E-state index in [1.807, 2.05) is 0 Å². The van der Waals surface area contributed by atoms with Crippen LogP contribution >= 0.6 is 11.6 Å². The number of hydrogen-bond donors (Lipinski definition) is 2. The lowest BCUT2D eigenvalue weighted by Crippen LogP contribution is -2.36. The van der Waals surface area contributed by atoms with Crippen LogP contribution in [-0.4, -0.2) is 48.2 Å². The van der Waals surface area contributed by atoms with Gasteiger partial charge in [0, 0.05) is 0 Å². The molecule has 1 amide bonds. The fraction of sp³-hybridized carbons (Fsp3) is 0.333. The number of nitrogens with one attached hydrogen (secondary N) is 1. The molecule has 116 valence electrons. The van der Waals surface area contributed by atoms with Gasteiger partial charge in [0.05, 0.1) is 29.4 Å². The maximum absolute atomic E-state index is 12.1. The second-order valence-corrected chi connectivity index (χ2v) is 4.74. The number of halogens is 4. The minimum Gasteiger partial charge on any atom is -0.478 e. The lowest BCUT2D eigenvalue weighted by molar-refractivity contribution is -0.145. The Balaban J connectivity index is 2.71. The first-order valence-electron chi connectivity index (χ1n) is 5.66. The number of alkyl halides is 3. The Labute approximate surface area is 123 Å². The van der Waals surface area contributed by atoms with E-state index in [0.29, 0.717) is 0 Å². The zero-order valence-corrected chi connectivity index (χ0v) is 11.6. The molecule has 9 heteroatoms. The van der Waals surface area contributed by atoms with Crippen LogP contribution in [0.1, 0.15) is 10.4 Å². The predicted molar refractivity (Wildman–Crippen MR) is 70.6 cm³/mol. The largest absolute Gasteiger partial charge is 0.478 e. The minimum absolute atomic E-state index is 0.0296. The molecule has 1 aromatic rings. The van der Waals surface area contributed by atoms with Gasteiger partial charge in [0.2, 0.25) is 5.91 Å². The zero-order chi connectivity index (χ0) is 16.2. The fourth-order valence-electron chi connectivity index (χ4n) is 1.55. The van der Waals surface area contributed by atoms with E-state index in [1.54, 1.807) is 0 Å². The molecule has 5 nitrogen and oxygen atoms in total. The highest BCUT2D eigenvalue weighted by Gasteiger charge is 2.29. The lowest BCUT2D eigenvalue weighted by Gasteiger charge is -2.18. The molecule has 21 heavy (non-hydrogen) atoms. The van der Waals surface area contributed by atoms with Crippen molar-refractivity contribution < 1.29 is 27.9 Å². The van der Waals surface area contributed by atoms with Gasteiger partial charge in [-0.25, -0.2) is 4.79 Å². The van der Waals surface area contributed by atoms with Gasteiger partial charge in [0.1, 0.15) is 0 Å². The molecule has 0 unspecified atom stereocenters. The molecule has 0 saturated heterocycles. The number of aromatic carboxylic acids is 1. The molecule has 0 spiro atoms. The minimum atomic E-state index is -4.41. The van der Waals surface area contributed by atoms with Crippen LogP contribution in [0, 0.1) is 0 Å². The van der Waals surface area contributed by atoms with E-state index < -0.39 is 31.1 Å². The van der Waals surface area contributed by atoms with Crippen LogP contribution in [0.5, 0.6) is 0 Å². The van der Waals surface area contributed by atoms with Crippen molar-refractivity contribution in [1.29, 1.82) is 0 Å². The summed E-state index contributed by atoms with van der Waals surface area (Å²) >= 11 is 5.79. The molecule has 1 rings (SSSR count). The summed E-state index contributed by atoms with van der Waals surface area (Å²) in [6.45, 7) is -1.74. The van der Waals surface area contributed by atoms with Crippen LogP contribution in [0.25, 0.3) is 0 Å². The van der Waals surface area contributed by atoms with E-state index in [9.17, 15) is 22.8 Å². The van der Waals surface area contributed by atoms with Gasteiger partial charge >= 0.3 is 12.1 Å². The molecule has 0 radical (unpaired) electrons. The SMILES string of the molecule is CN(CC(=O)Nc1cc(C(=O)O)ccc1Cl)CC(F)(F)F. The Morgan fingerprint density at radius 3 is 2.52 bits per heavy atom.